The summed E-state index contributed by atoms with van der Waals surface area (Å²) in [5, 5.41) is 20.4. The Balaban J connectivity index is 1.41. The second-order valence-electron chi connectivity index (χ2n) is 10.2. The highest BCUT2D eigenvalue weighted by molar-refractivity contribution is 6.33. The van der Waals surface area contributed by atoms with Gasteiger partial charge in [-0.15, -0.1) is 0 Å². The third kappa shape index (κ3) is 7.29. The van der Waals surface area contributed by atoms with Gasteiger partial charge >= 0.3 is 0 Å². The molecule has 200 valence electrons. The van der Waals surface area contributed by atoms with Crippen molar-refractivity contribution < 1.29 is 13.9 Å². The maximum Gasteiger partial charge on any atom is 0.236 e. The number of rotatable bonds is 10. The minimum absolute atomic E-state index is 0.245. The van der Waals surface area contributed by atoms with E-state index in [1.54, 1.807) is 19.4 Å². The van der Waals surface area contributed by atoms with Gasteiger partial charge in [-0.2, -0.15) is 9.65 Å². The molecular formula is C27H36ClFN6O2. The first-order valence-electron chi connectivity index (χ1n) is 13.0. The Hall–Kier alpha value is -2.51. The van der Waals surface area contributed by atoms with Crippen molar-refractivity contribution in [3.63, 3.8) is 0 Å². The molecule has 4 rings (SSSR count). The minimum atomic E-state index is -0.613. The molecule has 37 heavy (non-hydrogen) atoms. The number of ether oxygens (including phenoxy) is 2. The van der Waals surface area contributed by atoms with Gasteiger partial charge in [-0.05, 0) is 57.6 Å². The molecule has 1 atom stereocenters. The van der Waals surface area contributed by atoms with Crippen molar-refractivity contribution in [1.29, 1.82) is 5.26 Å². The number of pyridine rings is 2. The lowest BCUT2D eigenvalue weighted by molar-refractivity contribution is 0.0456. The number of aromatic nitrogens is 2. The van der Waals surface area contributed by atoms with Crippen LogP contribution in [0.25, 0.3) is 11.1 Å². The van der Waals surface area contributed by atoms with Crippen LogP contribution in [-0.2, 0) is 9.47 Å². The Morgan fingerprint density at radius 2 is 1.92 bits per heavy atom. The third-order valence-corrected chi connectivity index (χ3v) is 7.63. The highest BCUT2D eigenvalue weighted by Crippen LogP contribution is 2.34. The predicted molar refractivity (Wildman–Crippen MR) is 143 cm³/mol. The number of nitrogens with one attached hydrogen (secondary N) is 3. The molecule has 1 aliphatic heterocycles. The molecule has 2 fully saturated rings. The fourth-order valence-corrected chi connectivity index (χ4v) is 5.34. The normalized spacial score (nSPS) is 22.1. The van der Waals surface area contributed by atoms with Crippen molar-refractivity contribution in [3.8, 4) is 17.2 Å². The summed E-state index contributed by atoms with van der Waals surface area (Å²) in [6, 6.07) is 7.13. The third-order valence-electron chi connectivity index (χ3n) is 7.33. The highest BCUT2D eigenvalue weighted by Gasteiger charge is 2.33. The fourth-order valence-electron chi connectivity index (χ4n) is 5.13. The van der Waals surface area contributed by atoms with Gasteiger partial charge in [0, 0.05) is 68.5 Å². The molecular weight excluding hydrogens is 495 g/mol. The second-order valence-corrected chi connectivity index (χ2v) is 10.6. The second kappa shape index (κ2) is 12.8. The van der Waals surface area contributed by atoms with Crippen molar-refractivity contribution in [1.82, 2.24) is 15.3 Å². The van der Waals surface area contributed by atoms with Crippen LogP contribution in [0.2, 0.25) is 5.02 Å². The first-order chi connectivity index (χ1) is 17.9. The highest BCUT2D eigenvalue weighted by atomic mass is 35.5. The van der Waals surface area contributed by atoms with Crippen molar-refractivity contribution in [2.75, 3.05) is 44.1 Å². The van der Waals surface area contributed by atoms with Gasteiger partial charge in [-0.3, -0.25) is 0 Å². The van der Waals surface area contributed by atoms with Gasteiger partial charge in [0.25, 0.3) is 0 Å². The number of nitriles is 1. The average molecular weight is 531 g/mol. The molecule has 1 aliphatic carbocycles. The van der Waals surface area contributed by atoms with Crippen molar-refractivity contribution in [2.24, 2.45) is 5.41 Å². The van der Waals surface area contributed by atoms with E-state index in [4.69, 9.17) is 21.1 Å². The SMILES string of the molecule is COCC(C)NC1CCC(Nc2cc(-c3cnc(F)c(NCC4(C#N)CCOCC4)c3)c(Cl)cn2)CC1. The molecule has 10 heteroatoms. The summed E-state index contributed by atoms with van der Waals surface area (Å²) in [4.78, 5) is 8.42. The van der Waals surface area contributed by atoms with E-state index >= 15 is 0 Å². The van der Waals surface area contributed by atoms with Gasteiger partial charge in [0.2, 0.25) is 5.95 Å². The van der Waals surface area contributed by atoms with E-state index in [1.165, 1.54) is 6.20 Å². The molecule has 0 spiro atoms. The zero-order valence-corrected chi connectivity index (χ0v) is 22.3. The number of halogens is 2. The fraction of sp³-hybridized carbons (Fsp3) is 0.593. The number of hydrogen-bond donors (Lipinski definition) is 3. The Morgan fingerprint density at radius 3 is 2.62 bits per heavy atom. The Bertz CT molecular complexity index is 1080. The molecule has 0 amide bonds. The number of nitrogens with zero attached hydrogens (tertiary/aromatic N) is 3. The van der Waals surface area contributed by atoms with Crippen LogP contribution in [0.1, 0.15) is 45.4 Å². The lowest BCUT2D eigenvalue weighted by Crippen LogP contribution is -2.42. The van der Waals surface area contributed by atoms with E-state index in [2.05, 4.69) is 38.9 Å². The number of hydrogen-bond acceptors (Lipinski definition) is 8. The van der Waals surface area contributed by atoms with E-state index in [1.807, 2.05) is 6.07 Å². The van der Waals surface area contributed by atoms with E-state index in [-0.39, 0.29) is 5.69 Å². The average Bonchev–Trinajstić information content (AvgIpc) is 2.91. The standard InChI is InChI=1S/C27H36ClFN6O2/c1-18(15-36-2)34-20-3-5-21(6-4-20)35-25-12-22(23(28)14-31-25)19-11-24(26(29)32-13-19)33-17-27(16-30)7-9-37-10-8-27/h11-14,18,20-21,33-34H,3-10,15,17H2,1-2H3,(H,31,35). The van der Waals surface area contributed by atoms with Gasteiger partial charge in [-0.1, -0.05) is 11.6 Å². The van der Waals surface area contributed by atoms with Crippen molar-refractivity contribution in [3.05, 3.63) is 35.5 Å². The molecule has 2 aliphatic rings. The maximum atomic E-state index is 14.6. The van der Waals surface area contributed by atoms with Crippen LogP contribution in [0.4, 0.5) is 15.9 Å². The minimum Gasteiger partial charge on any atom is -0.383 e. The van der Waals surface area contributed by atoms with Crippen molar-refractivity contribution >= 4 is 23.1 Å². The van der Waals surface area contributed by atoms with Crippen molar-refractivity contribution in [2.45, 2.75) is 63.6 Å². The van der Waals surface area contributed by atoms with Crippen LogP contribution in [0, 0.1) is 22.7 Å². The van der Waals surface area contributed by atoms with Gasteiger partial charge in [0.1, 0.15) is 5.82 Å². The quantitative estimate of drug-likeness (QED) is 0.368. The molecule has 0 radical (unpaired) electrons. The molecule has 0 aromatic carbocycles. The topological polar surface area (TPSA) is 104 Å². The zero-order valence-electron chi connectivity index (χ0n) is 21.5. The summed E-state index contributed by atoms with van der Waals surface area (Å²) >= 11 is 6.49. The maximum absolute atomic E-state index is 14.6. The first-order valence-corrected chi connectivity index (χ1v) is 13.3. The van der Waals surface area contributed by atoms with E-state index in [0.717, 1.165) is 37.1 Å². The smallest absolute Gasteiger partial charge is 0.236 e. The van der Waals surface area contributed by atoms with E-state index < -0.39 is 11.4 Å². The van der Waals surface area contributed by atoms with Gasteiger partial charge in [0.15, 0.2) is 0 Å². The van der Waals surface area contributed by atoms with Gasteiger partial charge in [0.05, 0.1) is 28.8 Å². The van der Waals surface area contributed by atoms with Crippen LogP contribution in [0.5, 0.6) is 0 Å². The lowest BCUT2D eigenvalue weighted by Gasteiger charge is -2.32. The summed E-state index contributed by atoms with van der Waals surface area (Å²) < 4.78 is 25.2. The summed E-state index contributed by atoms with van der Waals surface area (Å²) in [7, 11) is 1.73. The first kappa shape index (κ1) is 27.5. The molecule has 0 bridgehead atoms. The van der Waals surface area contributed by atoms with Gasteiger partial charge in [-0.25, -0.2) is 9.97 Å². The summed E-state index contributed by atoms with van der Waals surface area (Å²) in [6.45, 7) is 4.24. The summed E-state index contributed by atoms with van der Waals surface area (Å²) in [6.07, 6.45) is 8.55. The molecule has 8 nitrogen and oxygen atoms in total. The lowest BCUT2D eigenvalue weighted by atomic mass is 9.81. The van der Waals surface area contributed by atoms with Gasteiger partial charge < -0.3 is 25.4 Å². The zero-order chi connectivity index (χ0) is 26.3. The summed E-state index contributed by atoms with van der Waals surface area (Å²) in [5.74, 6) is 0.116. The summed E-state index contributed by atoms with van der Waals surface area (Å²) in [5.41, 5.74) is 1.06. The molecule has 1 unspecified atom stereocenters. The van der Waals surface area contributed by atoms with Crippen LogP contribution in [-0.4, -0.2) is 61.6 Å². The molecule has 1 saturated carbocycles. The monoisotopic (exact) mass is 530 g/mol. The van der Waals surface area contributed by atoms with Crippen LogP contribution >= 0.6 is 11.6 Å². The predicted octanol–water partition coefficient (Wildman–Crippen LogP) is 5.02. The van der Waals surface area contributed by atoms with Crippen LogP contribution in [0.3, 0.4) is 0 Å². The van der Waals surface area contributed by atoms with Crippen LogP contribution < -0.4 is 16.0 Å². The molecule has 2 aromatic rings. The van der Waals surface area contributed by atoms with E-state index in [9.17, 15) is 9.65 Å². The number of anilines is 2. The Kier molecular flexibility index (Phi) is 9.54. The Labute approximate surface area is 223 Å². The molecule has 3 heterocycles. The molecule has 1 saturated heterocycles. The molecule has 2 aromatic heterocycles. The Morgan fingerprint density at radius 1 is 1.19 bits per heavy atom. The number of methoxy groups -OCH3 is 1. The largest absolute Gasteiger partial charge is 0.383 e. The van der Waals surface area contributed by atoms with E-state index in [0.29, 0.717) is 67.9 Å². The van der Waals surface area contributed by atoms with Crippen LogP contribution in [0.15, 0.2) is 24.5 Å². The molecule has 3 N–H and O–H groups in total.